The summed E-state index contributed by atoms with van der Waals surface area (Å²) < 4.78 is 21.8. The van der Waals surface area contributed by atoms with E-state index in [4.69, 9.17) is 27.9 Å². The lowest BCUT2D eigenvalue weighted by Crippen LogP contribution is -2.34. The van der Waals surface area contributed by atoms with Gasteiger partial charge in [-0.15, -0.1) is 5.10 Å². The first-order valence-electron chi connectivity index (χ1n) is 14.4. The summed E-state index contributed by atoms with van der Waals surface area (Å²) >= 11 is 12.4. The lowest BCUT2D eigenvalue weighted by molar-refractivity contribution is -0.119. The standard InChI is InChI=1S/C33H32Cl2N5O4P/c1-4-45(43,5-2)25-14-12-24(13-15-25)36-33(42)29(17-22-9-7-6-8-10-22)39-20-30(44-3)27(19-32(39)41)26-18-23(34)11-16-28(26)40-21-31(35)37-38-40/h6-16,18-21,29H,4-5,17H2,1-3H3,(H,36,42). The fourth-order valence-electron chi connectivity index (χ4n) is 5.22. The summed E-state index contributed by atoms with van der Waals surface area (Å²) in [7, 11) is -0.978. The summed E-state index contributed by atoms with van der Waals surface area (Å²) in [6, 6.07) is 22.2. The van der Waals surface area contributed by atoms with Crippen LogP contribution in [0.1, 0.15) is 25.5 Å². The number of aromatic nitrogens is 4. The van der Waals surface area contributed by atoms with Gasteiger partial charge in [0.15, 0.2) is 5.15 Å². The highest BCUT2D eigenvalue weighted by molar-refractivity contribution is 7.71. The van der Waals surface area contributed by atoms with Crippen LogP contribution in [0, 0.1) is 0 Å². The molecule has 0 aliphatic carbocycles. The average molecular weight is 665 g/mol. The highest BCUT2D eigenvalue weighted by Gasteiger charge is 2.26. The number of hydrogen-bond donors (Lipinski definition) is 1. The van der Waals surface area contributed by atoms with Gasteiger partial charge in [0.2, 0.25) is 5.91 Å². The van der Waals surface area contributed by atoms with Crippen molar-refractivity contribution < 1.29 is 14.1 Å². The summed E-state index contributed by atoms with van der Waals surface area (Å²) in [5.41, 5.74) is 2.57. The van der Waals surface area contributed by atoms with Gasteiger partial charge in [0.1, 0.15) is 18.9 Å². The Morgan fingerprint density at radius 2 is 1.67 bits per heavy atom. The van der Waals surface area contributed by atoms with Crippen LogP contribution in [0.25, 0.3) is 16.8 Å². The second-order valence-corrected chi connectivity index (χ2v) is 14.8. The van der Waals surface area contributed by atoms with Gasteiger partial charge in [-0.3, -0.25) is 14.2 Å². The highest BCUT2D eigenvalue weighted by Crippen LogP contribution is 2.43. The first-order valence-corrected chi connectivity index (χ1v) is 17.2. The maximum Gasteiger partial charge on any atom is 0.252 e. The maximum absolute atomic E-state index is 13.9. The largest absolute Gasteiger partial charge is 0.495 e. The van der Waals surface area contributed by atoms with E-state index in [1.54, 1.807) is 42.5 Å². The molecule has 0 saturated carbocycles. The zero-order valence-corrected chi connectivity index (χ0v) is 27.4. The molecule has 0 aliphatic rings. The molecule has 1 atom stereocenters. The summed E-state index contributed by atoms with van der Waals surface area (Å²) in [5, 5.41) is 12.3. The second kappa shape index (κ2) is 13.9. The fraction of sp³-hybridized carbons (Fsp3) is 0.212. The molecule has 1 unspecified atom stereocenters. The van der Waals surface area contributed by atoms with E-state index in [0.717, 1.165) is 10.9 Å². The van der Waals surface area contributed by atoms with Crippen molar-refractivity contribution >= 4 is 47.2 Å². The van der Waals surface area contributed by atoms with Crippen molar-refractivity contribution in [3.05, 3.63) is 117 Å². The van der Waals surface area contributed by atoms with Gasteiger partial charge in [0, 0.05) is 52.0 Å². The minimum Gasteiger partial charge on any atom is -0.495 e. The number of amides is 1. The molecule has 0 bridgehead atoms. The van der Waals surface area contributed by atoms with Gasteiger partial charge in [-0.1, -0.05) is 72.6 Å². The molecular weight excluding hydrogens is 632 g/mol. The summed E-state index contributed by atoms with van der Waals surface area (Å²) in [6.45, 7) is 3.84. The molecule has 12 heteroatoms. The van der Waals surface area contributed by atoms with Crippen LogP contribution in [-0.2, 0) is 15.8 Å². The molecule has 0 radical (unpaired) electrons. The third-order valence-electron chi connectivity index (χ3n) is 7.76. The molecule has 0 saturated heterocycles. The Kier molecular flexibility index (Phi) is 9.93. The van der Waals surface area contributed by atoms with E-state index in [9.17, 15) is 14.2 Å². The number of methoxy groups -OCH3 is 1. The number of pyridine rings is 1. The molecule has 2 aromatic heterocycles. The van der Waals surface area contributed by atoms with Crippen LogP contribution in [0.5, 0.6) is 5.75 Å². The molecule has 232 valence electrons. The predicted molar refractivity (Wildman–Crippen MR) is 180 cm³/mol. The maximum atomic E-state index is 13.9. The third kappa shape index (κ3) is 7.06. The Bertz CT molecular complexity index is 1920. The van der Waals surface area contributed by atoms with Crippen molar-refractivity contribution in [3.63, 3.8) is 0 Å². The number of nitrogens with zero attached hydrogens (tertiary/aromatic N) is 4. The first kappa shape index (κ1) is 32.2. The number of anilines is 1. The first-order chi connectivity index (χ1) is 21.6. The number of hydrogen-bond acceptors (Lipinski definition) is 6. The SMILES string of the molecule is CCP(=O)(CC)c1ccc(NC(=O)C(Cc2ccccc2)n2cc(OC)c(-c3cc(Cl)ccc3-n3cc(Cl)nn3)cc2=O)cc1. The van der Waals surface area contributed by atoms with E-state index in [0.29, 0.717) is 45.6 Å². The quantitative estimate of drug-likeness (QED) is 0.155. The minimum absolute atomic E-state index is 0.201. The molecule has 9 nitrogen and oxygen atoms in total. The molecular formula is C33H32Cl2N5O4P. The topological polar surface area (TPSA) is 108 Å². The van der Waals surface area contributed by atoms with Crippen LogP contribution in [-0.4, -0.2) is 44.9 Å². The molecule has 1 N–H and O–H groups in total. The number of halogens is 2. The lowest BCUT2D eigenvalue weighted by Gasteiger charge is -2.22. The van der Waals surface area contributed by atoms with Crippen molar-refractivity contribution in [2.45, 2.75) is 26.3 Å². The number of carbonyl (C=O) groups excluding carboxylic acids is 1. The Morgan fingerprint density at radius 3 is 2.29 bits per heavy atom. The van der Waals surface area contributed by atoms with Gasteiger partial charge in [0.25, 0.3) is 5.56 Å². The van der Waals surface area contributed by atoms with Crippen LogP contribution < -0.4 is 20.9 Å². The minimum atomic E-state index is -2.47. The predicted octanol–water partition coefficient (Wildman–Crippen LogP) is 6.86. The monoisotopic (exact) mass is 663 g/mol. The third-order valence-corrected chi connectivity index (χ3v) is 11.5. The van der Waals surface area contributed by atoms with Gasteiger partial charge in [-0.25, -0.2) is 4.68 Å². The average Bonchev–Trinajstić information content (AvgIpc) is 3.49. The van der Waals surface area contributed by atoms with E-state index in [1.165, 1.54) is 34.8 Å². The van der Waals surface area contributed by atoms with Crippen LogP contribution in [0.15, 0.2) is 96.1 Å². The van der Waals surface area contributed by atoms with Crippen LogP contribution >= 0.6 is 30.3 Å². The molecule has 5 aromatic rings. The fourth-order valence-corrected chi connectivity index (χ4v) is 7.38. The molecule has 5 rings (SSSR count). The van der Waals surface area contributed by atoms with Gasteiger partial charge in [-0.05, 0) is 48.0 Å². The molecule has 0 fully saturated rings. The second-order valence-electron chi connectivity index (χ2n) is 10.4. The lowest BCUT2D eigenvalue weighted by atomic mass is 10.0. The Morgan fingerprint density at radius 1 is 0.956 bits per heavy atom. The smallest absolute Gasteiger partial charge is 0.252 e. The normalized spacial score (nSPS) is 12.1. The van der Waals surface area contributed by atoms with Crippen molar-refractivity contribution in [1.29, 1.82) is 0 Å². The molecule has 2 heterocycles. The van der Waals surface area contributed by atoms with E-state index in [1.807, 2.05) is 44.2 Å². The Balaban J connectivity index is 1.55. The summed E-state index contributed by atoms with van der Waals surface area (Å²) in [6.07, 6.45) is 4.45. The number of rotatable bonds is 11. The number of benzene rings is 3. The van der Waals surface area contributed by atoms with Crippen molar-refractivity contribution in [2.75, 3.05) is 24.8 Å². The number of carbonyl (C=O) groups is 1. The Labute approximate surface area is 271 Å². The zero-order valence-electron chi connectivity index (χ0n) is 25.0. The van der Waals surface area contributed by atoms with Gasteiger partial charge < -0.3 is 14.6 Å². The van der Waals surface area contributed by atoms with E-state index >= 15 is 0 Å². The Hall–Kier alpha value is -4.17. The van der Waals surface area contributed by atoms with E-state index < -0.39 is 24.7 Å². The van der Waals surface area contributed by atoms with Crippen molar-refractivity contribution in [1.82, 2.24) is 19.6 Å². The van der Waals surface area contributed by atoms with Crippen molar-refractivity contribution in [2.24, 2.45) is 0 Å². The van der Waals surface area contributed by atoms with Gasteiger partial charge in [-0.2, -0.15) is 0 Å². The van der Waals surface area contributed by atoms with Crippen molar-refractivity contribution in [3.8, 4) is 22.6 Å². The van der Waals surface area contributed by atoms with Gasteiger partial charge >= 0.3 is 0 Å². The number of nitrogens with one attached hydrogen (secondary N) is 1. The number of ether oxygens (including phenoxy) is 1. The van der Waals surface area contributed by atoms with E-state index in [2.05, 4.69) is 15.6 Å². The van der Waals surface area contributed by atoms with E-state index in [-0.39, 0.29) is 11.6 Å². The molecule has 1 amide bonds. The molecule has 0 aliphatic heterocycles. The molecule has 3 aromatic carbocycles. The van der Waals surface area contributed by atoms with Crippen LogP contribution in [0.4, 0.5) is 5.69 Å². The zero-order chi connectivity index (χ0) is 32.1. The molecule has 45 heavy (non-hydrogen) atoms. The summed E-state index contributed by atoms with van der Waals surface area (Å²) in [4.78, 5) is 27.7. The van der Waals surface area contributed by atoms with Crippen LogP contribution in [0.3, 0.4) is 0 Å². The molecule has 0 spiro atoms. The van der Waals surface area contributed by atoms with Crippen LogP contribution in [0.2, 0.25) is 10.2 Å². The summed E-state index contributed by atoms with van der Waals surface area (Å²) in [5.74, 6) is -0.0483. The van der Waals surface area contributed by atoms with Gasteiger partial charge in [0.05, 0.1) is 25.2 Å². The highest BCUT2D eigenvalue weighted by atomic mass is 35.5.